The molecule has 0 amide bonds. The fraction of sp³-hybridized carbons (Fsp3) is 0.571. The lowest BCUT2D eigenvalue weighted by Gasteiger charge is -2.38. The van der Waals surface area contributed by atoms with Gasteiger partial charge >= 0.3 is 0 Å². The van der Waals surface area contributed by atoms with Gasteiger partial charge in [0.05, 0.1) is 0 Å². The summed E-state index contributed by atoms with van der Waals surface area (Å²) in [6.45, 7) is 13.1. The first-order valence-electron chi connectivity index (χ1n) is 6.12. The Morgan fingerprint density at radius 1 is 1.06 bits per heavy atom. The summed E-state index contributed by atoms with van der Waals surface area (Å²) >= 11 is 0. The van der Waals surface area contributed by atoms with Crippen LogP contribution in [0.1, 0.15) is 27.7 Å². The molecule has 1 aromatic carbocycles. The molecule has 1 atom stereocenters. The van der Waals surface area contributed by atoms with Crippen molar-refractivity contribution in [3.8, 4) is 5.75 Å². The van der Waals surface area contributed by atoms with Crippen molar-refractivity contribution in [2.45, 2.75) is 52.1 Å². The van der Waals surface area contributed by atoms with Gasteiger partial charge < -0.3 is 9.16 Å². The zero-order valence-corrected chi connectivity index (χ0v) is 12.8. The standard InChI is InChI=1S/C14H24O2Si/c1-12(15-13-10-8-7-9-11-13)16-17(5,6)14(2,3)4/h7-12H,1-6H3. The van der Waals surface area contributed by atoms with Gasteiger partial charge in [0, 0.05) is 0 Å². The van der Waals surface area contributed by atoms with Crippen molar-refractivity contribution in [3.05, 3.63) is 30.3 Å². The Labute approximate surface area is 106 Å². The average molecular weight is 252 g/mol. The summed E-state index contributed by atoms with van der Waals surface area (Å²) in [5.41, 5.74) is 0. The lowest BCUT2D eigenvalue weighted by atomic mass is 10.2. The lowest BCUT2D eigenvalue weighted by molar-refractivity contribution is 0.0105. The lowest BCUT2D eigenvalue weighted by Crippen LogP contribution is -2.44. The summed E-state index contributed by atoms with van der Waals surface area (Å²) in [6.07, 6.45) is -0.196. The van der Waals surface area contributed by atoms with Crippen molar-refractivity contribution in [3.63, 3.8) is 0 Å². The molecule has 0 saturated heterocycles. The third-order valence-corrected chi connectivity index (χ3v) is 7.85. The third kappa shape index (κ3) is 4.17. The van der Waals surface area contributed by atoms with E-state index < -0.39 is 8.32 Å². The first-order chi connectivity index (χ1) is 7.72. The largest absolute Gasteiger partial charge is 0.466 e. The zero-order chi connectivity index (χ0) is 13.1. The SMILES string of the molecule is CC(Oc1ccccc1)O[Si](C)(C)C(C)(C)C. The molecule has 0 fully saturated rings. The van der Waals surface area contributed by atoms with Gasteiger partial charge in [-0.05, 0) is 37.2 Å². The second-order valence-corrected chi connectivity index (χ2v) is 10.6. The predicted molar refractivity (Wildman–Crippen MR) is 74.8 cm³/mol. The summed E-state index contributed by atoms with van der Waals surface area (Å²) in [6, 6.07) is 9.81. The van der Waals surface area contributed by atoms with Crippen LogP contribution in [0, 0.1) is 0 Å². The van der Waals surface area contributed by atoms with Gasteiger partial charge in [-0.25, -0.2) is 0 Å². The molecule has 0 aliphatic heterocycles. The van der Waals surface area contributed by atoms with Crippen LogP contribution < -0.4 is 4.74 Å². The first-order valence-corrected chi connectivity index (χ1v) is 9.03. The van der Waals surface area contributed by atoms with Crippen LogP contribution in [-0.2, 0) is 4.43 Å². The molecule has 0 spiro atoms. The Kier molecular flexibility index (Phi) is 4.39. The minimum Gasteiger partial charge on any atom is -0.466 e. The molecule has 0 bridgehead atoms. The molecule has 0 aliphatic carbocycles. The van der Waals surface area contributed by atoms with Gasteiger partial charge in [0.1, 0.15) is 5.75 Å². The van der Waals surface area contributed by atoms with E-state index in [-0.39, 0.29) is 11.3 Å². The highest BCUT2D eigenvalue weighted by Crippen LogP contribution is 2.37. The molecule has 1 rings (SSSR count). The minimum atomic E-state index is -1.75. The maximum atomic E-state index is 6.12. The number of hydrogen-bond acceptors (Lipinski definition) is 2. The first kappa shape index (κ1) is 14.3. The van der Waals surface area contributed by atoms with Gasteiger partial charge in [-0.3, -0.25) is 0 Å². The van der Waals surface area contributed by atoms with E-state index in [1.165, 1.54) is 0 Å². The van der Waals surface area contributed by atoms with Crippen LogP contribution in [0.4, 0.5) is 0 Å². The molecule has 0 aliphatic rings. The molecule has 1 aromatic rings. The van der Waals surface area contributed by atoms with Crippen molar-refractivity contribution < 1.29 is 9.16 Å². The van der Waals surface area contributed by atoms with Crippen LogP contribution in [-0.4, -0.2) is 14.6 Å². The van der Waals surface area contributed by atoms with Crippen LogP contribution >= 0.6 is 0 Å². The fourth-order valence-corrected chi connectivity index (χ4v) is 2.54. The van der Waals surface area contributed by atoms with Gasteiger partial charge in [0.15, 0.2) is 14.6 Å². The molecule has 0 heterocycles. The number of benzene rings is 1. The minimum absolute atomic E-state index is 0.196. The maximum absolute atomic E-state index is 6.12. The molecule has 0 saturated carbocycles. The van der Waals surface area contributed by atoms with Gasteiger partial charge in [-0.15, -0.1) is 0 Å². The molecule has 0 N–H and O–H groups in total. The molecular weight excluding hydrogens is 228 g/mol. The summed E-state index contributed by atoms with van der Waals surface area (Å²) in [5.74, 6) is 0.860. The molecule has 0 aromatic heterocycles. The van der Waals surface area contributed by atoms with Crippen molar-refractivity contribution in [2.75, 3.05) is 0 Å². The van der Waals surface area contributed by atoms with Gasteiger partial charge in [-0.2, -0.15) is 0 Å². The summed E-state index contributed by atoms with van der Waals surface area (Å²) in [5, 5.41) is 0.210. The molecule has 0 radical (unpaired) electrons. The van der Waals surface area contributed by atoms with Gasteiger partial charge in [0.2, 0.25) is 0 Å². The van der Waals surface area contributed by atoms with Crippen molar-refractivity contribution in [1.82, 2.24) is 0 Å². The number of rotatable bonds is 4. The monoisotopic (exact) mass is 252 g/mol. The van der Waals surface area contributed by atoms with E-state index >= 15 is 0 Å². The second-order valence-electron chi connectivity index (χ2n) is 5.88. The molecule has 96 valence electrons. The molecule has 3 heteroatoms. The van der Waals surface area contributed by atoms with E-state index in [2.05, 4.69) is 33.9 Å². The topological polar surface area (TPSA) is 18.5 Å². The van der Waals surface area contributed by atoms with Crippen molar-refractivity contribution >= 4 is 8.32 Å². The Hall–Kier alpha value is -0.803. The molecule has 1 unspecified atom stereocenters. The normalized spacial score (nSPS) is 14.5. The Balaban J connectivity index is 2.59. The van der Waals surface area contributed by atoms with Crippen LogP contribution in [0.15, 0.2) is 30.3 Å². The molecular formula is C14H24O2Si. The molecule has 17 heavy (non-hydrogen) atoms. The van der Waals surface area contributed by atoms with E-state index in [9.17, 15) is 0 Å². The Bertz CT molecular complexity index is 341. The van der Waals surface area contributed by atoms with Crippen molar-refractivity contribution in [2.24, 2.45) is 0 Å². The van der Waals surface area contributed by atoms with Crippen LogP contribution in [0.2, 0.25) is 18.1 Å². The van der Waals surface area contributed by atoms with Gasteiger partial charge in [-0.1, -0.05) is 39.0 Å². The fourth-order valence-electron chi connectivity index (χ4n) is 1.31. The quantitative estimate of drug-likeness (QED) is 0.583. The molecule has 2 nitrogen and oxygen atoms in total. The third-order valence-electron chi connectivity index (χ3n) is 3.31. The van der Waals surface area contributed by atoms with Crippen LogP contribution in [0.3, 0.4) is 0 Å². The average Bonchev–Trinajstić information content (AvgIpc) is 2.16. The van der Waals surface area contributed by atoms with Crippen LogP contribution in [0.5, 0.6) is 5.75 Å². The summed E-state index contributed by atoms with van der Waals surface area (Å²) in [7, 11) is -1.75. The van der Waals surface area contributed by atoms with E-state index in [4.69, 9.17) is 9.16 Å². The predicted octanol–water partition coefficient (Wildman–Crippen LogP) is 4.43. The van der Waals surface area contributed by atoms with Crippen molar-refractivity contribution in [1.29, 1.82) is 0 Å². The summed E-state index contributed by atoms with van der Waals surface area (Å²) in [4.78, 5) is 0. The second kappa shape index (κ2) is 5.23. The highest BCUT2D eigenvalue weighted by atomic mass is 28.4. The Morgan fingerprint density at radius 3 is 2.06 bits per heavy atom. The Morgan fingerprint density at radius 2 is 1.59 bits per heavy atom. The smallest absolute Gasteiger partial charge is 0.196 e. The van der Waals surface area contributed by atoms with E-state index in [0.717, 1.165) is 5.75 Å². The van der Waals surface area contributed by atoms with Crippen LogP contribution in [0.25, 0.3) is 0 Å². The van der Waals surface area contributed by atoms with E-state index in [0.29, 0.717) is 0 Å². The number of ether oxygens (including phenoxy) is 1. The zero-order valence-electron chi connectivity index (χ0n) is 11.8. The van der Waals surface area contributed by atoms with E-state index in [1.807, 2.05) is 37.3 Å². The highest BCUT2D eigenvalue weighted by molar-refractivity contribution is 6.74. The maximum Gasteiger partial charge on any atom is 0.196 e. The van der Waals surface area contributed by atoms with Gasteiger partial charge in [0.25, 0.3) is 0 Å². The highest BCUT2D eigenvalue weighted by Gasteiger charge is 2.38. The number of para-hydroxylation sites is 1. The summed E-state index contributed by atoms with van der Waals surface area (Å²) < 4.78 is 11.9. The number of hydrogen-bond donors (Lipinski definition) is 0. The van der Waals surface area contributed by atoms with E-state index in [1.54, 1.807) is 0 Å².